The lowest BCUT2D eigenvalue weighted by Crippen LogP contribution is -2.02. The molecule has 112 valence electrons. The standard InChI is InChI=1S/C19H20N2O/c1-4-6-9-15(5-2)19-20-13-17(21-19)18(22)16-10-7-8-14(3)11-12-16/h4-14H,1H2,2-3H3,(H,20,21)/b9-6-,15-5+. The maximum atomic E-state index is 12.5. The summed E-state index contributed by atoms with van der Waals surface area (Å²) in [6, 6.07) is 0. The second-order valence-corrected chi connectivity index (χ2v) is 5.04. The number of hydrogen-bond acceptors (Lipinski definition) is 2. The number of rotatable bonds is 5. The molecule has 22 heavy (non-hydrogen) atoms. The minimum atomic E-state index is -0.0584. The van der Waals surface area contributed by atoms with E-state index in [4.69, 9.17) is 0 Å². The summed E-state index contributed by atoms with van der Waals surface area (Å²) in [5.41, 5.74) is 2.05. The molecule has 1 aliphatic carbocycles. The third-order valence-electron chi connectivity index (χ3n) is 3.35. The molecule has 1 N–H and O–H groups in total. The van der Waals surface area contributed by atoms with Gasteiger partial charge in [0.15, 0.2) is 0 Å². The fourth-order valence-corrected chi connectivity index (χ4v) is 2.08. The maximum absolute atomic E-state index is 12.5. The minimum absolute atomic E-state index is 0.0584. The average molecular weight is 292 g/mol. The highest BCUT2D eigenvalue weighted by atomic mass is 16.1. The predicted octanol–water partition coefficient (Wildman–Crippen LogP) is 4.43. The molecule has 1 aliphatic rings. The van der Waals surface area contributed by atoms with Crippen LogP contribution < -0.4 is 0 Å². The minimum Gasteiger partial charge on any atom is -0.335 e. The van der Waals surface area contributed by atoms with Gasteiger partial charge in [0.1, 0.15) is 11.5 Å². The number of aromatic amines is 1. The fourth-order valence-electron chi connectivity index (χ4n) is 2.08. The zero-order valence-electron chi connectivity index (χ0n) is 12.9. The second-order valence-electron chi connectivity index (χ2n) is 5.04. The molecule has 0 fully saturated rings. The number of imidazole rings is 1. The van der Waals surface area contributed by atoms with Crippen molar-refractivity contribution in [3.63, 3.8) is 0 Å². The van der Waals surface area contributed by atoms with E-state index in [1.165, 1.54) is 0 Å². The molecule has 2 rings (SSSR count). The summed E-state index contributed by atoms with van der Waals surface area (Å²) in [6.07, 6.45) is 18.6. The summed E-state index contributed by atoms with van der Waals surface area (Å²) in [6.45, 7) is 7.65. The van der Waals surface area contributed by atoms with E-state index < -0.39 is 0 Å². The van der Waals surface area contributed by atoms with E-state index in [-0.39, 0.29) is 5.78 Å². The molecule has 0 aromatic carbocycles. The van der Waals surface area contributed by atoms with Crippen molar-refractivity contribution in [1.29, 1.82) is 0 Å². The number of Topliss-reactive ketones (excluding diaryl/α,β-unsaturated/α-hetero) is 1. The molecule has 3 nitrogen and oxygen atoms in total. The van der Waals surface area contributed by atoms with Gasteiger partial charge in [-0.3, -0.25) is 4.79 Å². The number of carbonyl (C=O) groups excluding carboxylic acids is 1. The molecule has 0 saturated carbocycles. The van der Waals surface area contributed by atoms with Gasteiger partial charge in [-0.2, -0.15) is 0 Å². The Hall–Kier alpha value is -2.68. The molecule has 1 unspecified atom stereocenters. The van der Waals surface area contributed by atoms with Crippen LogP contribution in [0.2, 0.25) is 0 Å². The van der Waals surface area contributed by atoms with Crippen molar-refractivity contribution in [1.82, 2.24) is 9.97 Å². The smallest absolute Gasteiger partial charge is 0.210 e. The van der Waals surface area contributed by atoms with Gasteiger partial charge in [-0.15, -0.1) is 0 Å². The Morgan fingerprint density at radius 1 is 1.41 bits per heavy atom. The summed E-state index contributed by atoms with van der Waals surface area (Å²) in [7, 11) is 0. The van der Waals surface area contributed by atoms with Gasteiger partial charge in [-0.05, 0) is 12.8 Å². The van der Waals surface area contributed by atoms with Crippen LogP contribution in [0.5, 0.6) is 0 Å². The van der Waals surface area contributed by atoms with Crippen molar-refractivity contribution in [3.05, 3.63) is 84.6 Å². The SMILES string of the molecule is C=C/C=C\C(=C/C)c1ncc(C(=O)C2=CC=CC(C)C=C2)[nH]1. The van der Waals surface area contributed by atoms with Crippen LogP contribution in [0.1, 0.15) is 30.2 Å². The summed E-state index contributed by atoms with van der Waals surface area (Å²) < 4.78 is 0. The average Bonchev–Trinajstić information content (AvgIpc) is 2.90. The van der Waals surface area contributed by atoms with Crippen LogP contribution in [0.3, 0.4) is 0 Å². The first-order chi connectivity index (χ1) is 10.7. The Morgan fingerprint density at radius 3 is 2.95 bits per heavy atom. The highest BCUT2D eigenvalue weighted by Crippen LogP contribution is 2.17. The molecule has 1 aromatic heterocycles. The lowest BCUT2D eigenvalue weighted by Gasteiger charge is -1.99. The van der Waals surface area contributed by atoms with Crippen LogP contribution in [0.25, 0.3) is 5.57 Å². The Bertz CT molecular complexity index is 712. The summed E-state index contributed by atoms with van der Waals surface area (Å²) in [5.74, 6) is 0.945. The number of hydrogen-bond donors (Lipinski definition) is 1. The van der Waals surface area contributed by atoms with E-state index in [0.717, 1.165) is 5.57 Å². The number of H-pyrrole nitrogens is 1. The molecular weight excluding hydrogens is 272 g/mol. The number of nitrogens with zero attached hydrogens (tertiary/aromatic N) is 1. The predicted molar refractivity (Wildman–Crippen MR) is 91.4 cm³/mol. The van der Waals surface area contributed by atoms with Crippen LogP contribution in [0.4, 0.5) is 0 Å². The highest BCUT2D eigenvalue weighted by molar-refractivity contribution is 6.09. The molecule has 0 bridgehead atoms. The molecule has 0 amide bonds. The third kappa shape index (κ3) is 3.70. The van der Waals surface area contributed by atoms with E-state index in [1.807, 2.05) is 55.5 Å². The van der Waals surface area contributed by atoms with Gasteiger partial charge in [0, 0.05) is 11.1 Å². The molecule has 0 saturated heterocycles. The zero-order chi connectivity index (χ0) is 15.9. The first-order valence-corrected chi connectivity index (χ1v) is 7.28. The van der Waals surface area contributed by atoms with E-state index >= 15 is 0 Å². The maximum Gasteiger partial charge on any atom is 0.210 e. The van der Waals surface area contributed by atoms with Crippen LogP contribution in [0.15, 0.2) is 73.0 Å². The van der Waals surface area contributed by atoms with Gasteiger partial charge in [-0.25, -0.2) is 4.98 Å². The summed E-state index contributed by atoms with van der Waals surface area (Å²) in [5, 5.41) is 0. The van der Waals surface area contributed by atoms with Gasteiger partial charge < -0.3 is 4.98 Å². The van der Waals surface area contributed by atoms with E-state index in [2.05, 4.69) is 23.5 Å². The Balaban J connectivity index is 2.24. The van der Waals surface area contributed by atoms with Crippen molar-refractivity contribution in [2.24, 2.45) is 5.92 Å². The van der Waals surface area contributed by atoms with Crippen molar-refractivity contribution in [2.45, 2.75) is 13.8 Å². The number of carbonyl (C=O) groups is 1. The molecule has 0 spiro atoms. The molecular formula is C19H20N2O. The summed E-state index contributed by atoms with van der Waals surface area (Å²) in [4.78, 5) is 19.9. The van der Waals surface area contributed by atoms with Gasteiger partial charge in [0.2, 0.25) is 5.78 Å². The lowest BCUT2D eigenvalue weighted by molar-refractivity contribution is 0.103. The van der Waals surface area contributed by atoms with Gasteiger partial charge in [0.05, 0.1) is 6.20 Å². The van der Waals surface area contributed by atoms with Crippen molar-refractivity contribution >= 4 is 11.4 Å². The molecule has 1 atom stereocenters. The molecule has 0 aliphatic heterocycles. The van der Waals surface area contributed by atoms with Crippen LogP contribution in [-0.4, -0.2) is 15.8 Å². The van der Waals surface area contributed by atoms with Crippen LogP contribution in [-0.2, 0) is 0 Å². The number of ketones is 1. The monoisotopic (exact) mass is 292 g/mol. The van der Waals surface area contributed by atoms with Crippen molar-refractivity contribution in [3.8, 4) is 0 Å². The zero-order valence-corrected chi connectivity index (χ0v) is 12.9. The number of nitrogens with one attached hydrogen (secondary N) is 1. The molecule has 1 heterocycles. The van der Waals surface area contributed by atoms with Crippen LogP contribution in [0, 0.1) is 5.92 Å². The largest absolute Gasteiger partial charge is 0.335 e. The van der Waals surface area contributed by atoms with Gasteiger partial charge in [-0.1, -0.05) is 68.2 Å². The highest BCUT2D eigenvalue weighted by Gasteiger charge is 2.14. The molecule has 0 radical (unpaired) electrons. The fraction of sp³-hybridized carbons (Fsp3) is 0.158. The number of allylic oxidation sites excluding steroid dienone is 11. The van der Waals surface area contributed by atoms with E-state index in [0.29, 0.717) is 23.0 Å². The van der Waals surface area contributed by atoms with E-state index in [9.17, 15) is 4.79 Å². The lowest BCUT2D eigenvalue weighted by atomic mass is 10.1. The molecule has 3 heteroatoms. The van der Waals surface area contributed by atoms with Crippen molar-refractivity contribution in [2.75, 3.05) is 0 Å². The summed E-state index contributed by atoms with van der Waals surface area (Å²) >= 11 is 0. The first-order valence-electron chi connectivity index (χ1n) is 7.28. The van der Waals surface area contributed by atoms with Gasteiger partial charge >= 0.3 is 0 Å². The van der Waals surface area contributed by atoms with E-state index in [1.54, 1.807) is 12.3 Å². The Morgan fingerprint density at radius 2 is 2.23 bits per heavy atom. The normalized spacial score (nSPS) is 18.4. The van der Waals surface area contributed by atoms with Gasteiger partial charge in [0.25, 0.3) is 0 Å². The second kappa shape index (κ2) is 7.36. The van der Waals surface area contributed by atoms with Crippen LogP contribution >= 0.6 is 0 Å². The van der Waals surface area contributed by atoms with Crippen molar-refractivity contribution < 1.29 is 4.79 Å². The first kappa shape index (κ1) is 15.7. The third-order valence-corrected chi connectivity index (χ3v) is 3.35. The quantitative estimate of drug-likeness (QED) is 0.644. The number of aromatic nitrogens is 2. The Labute approximate surface area is 131 Å². The Kier molecular flexibility index (Phi) is 5.26. The molecule has 1 aromatic rings. The topological polar surface area (TPSA) is 45.8 Å².